The van der Waals surface area contributed by atoms with Crippen LogP contribution < -0.4 is 11.0 Å². The fourth-order valence-corrected chi connectivity index (χ4v) is 1.32. The fraction of sp³-hybridized carbons (Fsp3) is 0.667. The molecule has 1 saturated heterocycles. The van der Waals surface area contributed by atoms with Crippen molar-refractivity contribution in [1.82, 2.24) is 16.0 Å². The molecule has 0 unspecified atom stereocenters. The van der Waals surface area contributed by atoms with Crippen LogP contribution in [0.2, 0.25) is 0 Å². The zero-order valence-corrected chi connectivity index (χ0v) is 5.35. The summed E-state index contributed by atoms with van der Waals surface area (Å²) in [6.45, 7) is 2.19. The highest BCUT2D eigenvalue weighted by molar-refractivity contribution is 5.07. The molecule has 0 aromatic heterocycles. The molecule has 0 aromatic rings. The summed E-state index contributed by atoms with van der Waals surface area (Å²) in [5.74, 6) is 0. The molecule has 9 heavy (non-hydrogen) atoms. The van der Waals surface area contributed by atoms with Gasteiger partial charge in [-0.1, -0.05) is 6.08 Å². The van der Waals surface area contributed by atoms with Crippen LogP contribution in [-0.2, 0) is 0 Å². The first-order valence-electron chi connectivity index (χ1n) is 3.42. The summed E-state index contributed by atoms with van der Waals surface area (Å²) in [5, 5.41) is 2.17. The molecule has 2 rings (SSSR count). The van der Waals surface area contributed by atoms with E-state index in [9.17, 15) is 0 Å². The van der Waals surface area contributed by atoms with Gasteiger partial charge in [-0.15, -0.1) is 0 Å². The molecule has 1 fully saturated rings. The monoisotopic (exact) mass is 125 g/mol. The third-order valence-corrected chi connectivity index (χ3v) is 1.80. The van der Waals surface area contributed by atoms with E-state index < -0.39 is 0 Å². The first kappa shape index (κ1) is 5.26. The van der Waals surface area contributed by atoms with Crippen molar-refractivity contribution < 1.29 is 0 Å². The van der Waals surface area contributed by atoms with Crippen LogP contribution in [0.4, 0.5) is 0 Å². The first-order valence-corrected chi connectivity index (χ1v) is 3.42. The molecule has 3 nitrogen and oxygen atoms in total. The lowest BCUT2D eigenvalue weighted by atomic mass is 10.3. The van der Waals surface area contributed by atoms with Crippen molar-refractivity contribution in [3.63, 3.8) is 0 Å². The molecule has 2 aliphatic heterocycles. The van der Waals surface area contributed by atoms with Crippen molar-refractivity contribution >= 4 is 0 Å². The average Bonchev–Trinajstić information content (AvgIpc) is 2.33. The van der Waals surface area contributed by atoms with Gasteiger partial charge in [-0.2, -0.15) is 5.53 Å². The normalized spacial score (nSPS) is 25.8. The minimum atomic E-state index is 1.06. The Labute approximate surface area is 54.7 Å². The second-order valence-electron chi connectivity index (χ2n) is 2.42. The molecule has 0 atom stereocenters. The summed E-state index contributed by atoms with van der Waals surface area (Å²) in [7, 11) is 0. The van der Waals surface area contributed by atoms with Crippen LogP contribution in [0.5, 0.6) is 0 Å². The van der Waals surface area contributed by atoms with Gasteiger partial charge >= 0.3 is 0 Å². The summed E-state index contributed by atoms with van der Waals surface area (Å²) in [4.78, 5) is 0. The molecule has 0 radical (unpaired) electrons. The van der Waals surface area contributed by atoms with E-state index in [1.807, 2.05) is 0 Å². The van der Waals surface area contributed by atoms with Crippen molar-refractivity contribution in [2.24, 2.45) is 0 Å². The first-order chi connectivity index (χ1) is 4.47. The highest BCUT2D eigenvalue weighted by Gasteiger charge is 2.16. The van der Waals surface area contributed by atoms with Crippen molar-refractivity contribution in [2.75, 3.05) is 13.1 Å². The number of hydrogen-bond donors (Lipinski definition) is 2. The zero-order valence-electron chi connectivity index (χ0n) is 5.35. The molecule has 0 spiro atoms. The maximum Gasteiger partial charge on any atom is 0.0389 e. The second kappa shape index (κ2) is 2.01. The molecule has 0 saturated carbocycles. The predicted octanol–water partition coefficient (Wildman–Crippen LogP) is -0.0111. The third-order valence-electron chi connectivity index (χ3n) is 1.80. The zero-order chi connectivity index (χ0) is 6.10. The lowest BCUT2D eigenvalue weighted by Gasteiger charge is -2.28. The lowest BCUT2D eigenvalue weighted by molar-refractivity contribution is 0.184. The van der Waals surface area contributed by atoms with E-state index in [-0.39, 0.29) is 0 Å². The molecular formula is C6H11N3. The summed E-state index contributed by atoms with van der Waals surface area (Å²) in [5.41, 5.74) is 7.64. The van der Waals surface area contributed by atoms with Gasteiger partial charge in [0.2, 0.25) is 0 Å². The molecule has 2 heterocycles. The quantitative estimate of drug-likeness (QED) is 0.477. The van der Waals surface area contributed by atoms with Crippen molar-refractivity contribution in [3.8, 4) is 0 Å². The van der Waals surface area contributed by atoms with E-state index in [0.717, 1.165) is 13.1 Å². The topological polar surface area (TPSA) is 27.3 Å². The molecule has 2 aliphatic rings. The third kappa shape index (κ3) is 0.821. The van der Waals surface area contributed by atoms with Crippen LogP contribution in [0.3, 0.4) is 0 Å². The van der Waals surface area contributed by atoms with Gasteiger partial charge in [-0.3, -0.25) is 5.01 Å². The maximum absolute atomic E-state index is 3.10. The smallest absolute Gasteiger partial charge is 0.0389 e. The second-order valence-corrected chi connectivity index (χ2v) is 2.42. The Morgan fingerprint density at radius 2 is 2.56 bits per heavy atom. The summed E-state index contributed by atoms with van der Waals surface area (Å²) in [6.07, 6.45) is 4.67. The van der Waals surface area contributed by atoms with Gasteiger partial charge in [-0.25, -0.2) is 5.43 Å². The molecule has 3 heteroatoms. The van der Waals surface area contributed by atoms with Crippen molar-refractivity contribution in [2.45, 2.75) is 12.8 Å². The minimum Gasteiger partial charge on any atom is -0.299 e. The Hall–Kier alpha value is -0.540. The predicted molar refractivity (Wildman–Crippen MR) is 35.2 cm³/mol. The van der Waals surface area contributed by atoms with Crippen LogP contribution in [0.15, 0.2) is 11.8 Å². The van der Waals surface area contributed by atoms with E-state index in [2.05, 4.69) is 22.0 Å². The molecular weight excluding hydrogens is 114 g/mol. The van der Waals surface area contributed by atoms with Crippen LogP contribution in [0.25, 0.3) is 0 Å². The van der Waals surface area contributed by atoms with Crippen molar-refractivity contribution in [1.29, 1.82) is 0 Å². The van der Waals surface area contributed by atoms with E-state index in [1.165, 1.54) is 18.5 Å². The Morgan fingerprint density at radius 1 is 1.56 bits per heavy atom. The van der Waals surface area contributed by atoms with Gasteiger partial charge in [0.1, 0.15) is 0 Å². The van der Waals surface area contributed by atoms with Crippen LogP contribution in [0, 0.1) is 0 Å². The standard InChI is InChI=1S/C6H11N3/c1-2-6-3-4-7-8-9(6)5-1/h2,7-8H,1,3-5H2. The van der Waals surface area contributed by atoms with Gasteiger partial charge < -0.3 is 0 Å². The Bertz CT molecular complexity index is 141. The molecule has 0 bridgehead atoms. The Balaban J connectivity index is 2.09. The number of hydrogen-bond acceptors (Lipinski definition) is 3. The van der Waals surface area contributed by atoms with E-state index in [4.69, 9.17) is 0 Å². The fourth-order valence-electron chi connectivity index (χ4n) is 1.32. The van der Waals surface area contributed by atoms with E-state index in [1.54, 1.807) is 0 Å². The molecule has 0 amide bonds. The van der Waals surface area contributed by atoms with Gasteiger partial charge in [0.05, 0.1) is 0 Å². The van der Waals surface area contributed by atoms with E-state index >= 15 is 0 Å². The number of rotatable bonds is 0. The number of nitrogens with zero attached hydrogens (tertiary/aromatic N) is 1. The van der Waals surface area contributed by atoms with Gasteiger partial charge in [0.15, 0.2) is 0 Å². The summed E-state index contributed by atoms with van der Waals surface area (Å²) >= 11 is 0. The van der Waals surface area contributed by atoms with Gasteiger partial charge in [0.25, 0.3) is 0 Å². The maximum atomic E-state index is 3.10. The lowest BCUT2D eigenvalue weighted by Crippen LogP contribution is -2.49. The largest absolute Gasteiger partial charge is 0.299 e. The Morgan fingerprint density at radius 3 is 3.44 bits per heavy atom. The highest BCUT2D eigenvalue weighted by Crippen LogP contribution is 2.16. The SMILES string of the molecule is C1=C2CCNNN2CC1. The molecule has 50 valence electrons. The van der Waals surface area contributed by atoms with Gasteiger partial charge in [0, 0.05) is 25.2 Å². The van der Waals surface area contributed by atoms with E-state index in [0.29, 0.717) is 0 Å². The summed E-state index contributed by atoms with van der Waals surface area (Å²) < 4.78 is 0. The average molecular weight is 125 g/mol. The number of nitrogens with one attached hydrogen (secondary N) is 2. The van der Waals surface area contributed by atoms with Crippen molar-refractivity contribution in [3.05, 3.63) is 11.8 Å². The molecule has 2 N–H and O–H groups in total. The number of fused-ring (bicyclic) bond motifs is 1. The van der Waals surface area contributed by atoms with Crippen LogP contribution >= 0.6 is 0 Å². The Kier molecular flexibility index (Phi) is 1.17. The number of hydrazine groups is 2. The highest BCUT2D eigenvalue weighted by atomic mass is 15.7. The summed E-state index contributed by atoms with van der Waals surface area (Å²) in [6, 6.07) is 0. The molecule has 0 aliphatic carbocycles. The van der Waals surface area contributed by atoms with Crippen LogP contribution in [-0.4, -0.2) is 18.1 Å². The van der Waals surface area contributed by atoms with Crippen LogP contribution in [0.1, 0.15) is 12.8 Å². The minimum absolute atomic E-state index is 1.06. The van der Waals surface area contributed by atoms with Gasteiger partial charge in [-0.05, 0) is 6.42 Å². The molecule has 0 aromatic carbocycles.